The van der Waals surface area contributed by atoms with Crippen molar-refractivity contribution in [2.45, 2.75) is 31.7 Å². The molecule has 1 N–H and O–H groups in total. The van der Waals surface area contributed by atoms with Crippen LogP contribution in [0.2, 0.25) is 5.15 Å². The third kappa shape index (κ3) is 2.37. The number of aliphatic hydroxyl groups is 1. The number of aromatic nitrogens is 4. The van der Waals surface area contributed by atoms with Gasteiger partial charge in [0.15, 0.2) is 0 Å². The lowest BCUT2D eigenvalue weighted by Crippen LogP contribution is -2.42. The van der Waals surface area contributed by atoms with Crippen LogP contribution in [0.1, 0.15) is 25.7 Å². The first kappa shape index (κ1) is 12.6. The Balaban J connectivity index is 2.00. The van der Waals surface area contributed by atoms with E-state index < -0.39 is 0 Å². The Hall–Kier alpha value is -1.40. The highest BCUT2D eigenvalue weighted by Gasteiger charge is 2.27. The van der Waals surface area contributed by atoms with Crippen LogP contribution in [0.5, 0.6) is 0 Å². The monoisotopic (exact) mass is 281 g/mol. The molecule has 3 rings (SSSR count). The zero-order valence-electron chi connectivity index (χ0n) is 10.5. The Labute approximate surface area is 116 Å². The lowest BCUT2D eigenvalue weighted by Gasteiger charge is -2.39. The van der Waals surface area contributed by atoms with E-state index in [1.54, 1.807) is 4.52 Å². The van der Waals surface area contributed by atoms with Gasteiger partial charge in [0.2, 0.25) is 0 Å². The number of anilines is 1. The van der Waals surface area contributed by atoms with E-state index in [0.29, 0.717) is 17.0 Å². The molecule has 1 aliphatic rings. The van der Waals surface area contributed by atoms with Crippen molar-refractivity contribution in [3.63, 3.8) is 0 Å². The van der Waals surface area contributed by atoms with E-state index in [-0.39, 0.29) is 6.61 Å². The van der Waals surface area contributed by atoms with E-state index >= 15 is 0 Å². The van der Waals surface area contributed by atoms with E-state index in [1.807, 2.05) is 6.07 Å². The van der Waals surface area contributed by atoms with Gasteiger partial charge in [-0.15, -0.1) is 0 Å². The molecule has 19 heavy (non-hydrogen) atoms. The summed E-state index contributed by atoms with van der Waals surface area (Å²) >= 11 is 6.06. The maximum absolute atomic E-state index is 9.06. The molecule has 0 aromatic carbocycles. The molecule has 1 saturated carbocycles. The summed E-state index contributed by atoms with van der Waals surface area (Å²) in [6, 6.07) is 2.32. The van der Waals surface area contributed by atoms with E-state index in [1.165, 1.54) is 25.6 Å². The third-order valence-electron chi connectivity index (χ3n) is 3.57. The average Bonchev–Trinajstić information content (AvgIpc) is 2.78. The summed E-state index contributed by atoms with van der Waals surface area (Å²) in [5, 5.41) is 13.7. The Morgan fingerprint density at radius 2 is 2.32 bits per heavy atom. The lowest BCUT2D eigenvalue weighted by molar-refractivity contribution is 0.282. The molecule has 0 atom stereocenters. The van der Waals surface area contributed by atoms with Crippen molar-refractivity contribution in [3.8, 4) is 0 Å². The molecule has 6 nitrogen and oxygen atoms in total. The topological polar surface area (TPSA) is 66.5 Å². The minimum atomic E-state index is 0.183. The van der Waals surface area contributed by atoms with Gasteiger partial charge in [-0.2, -0.15) is 19.6 Å². The summed E-state index contributed by atoms with van der Waals surface area (Å²) in [5.41, 5.74) is 0. The SMILES string of the molecule is OCCCN(c1cc(Cl)nc2ncnn12)C1CCC1. The molecule has 0 amide bonds. The van der Waals surface area contributed by atoms with Crippen LogP contribution in [0.15, 0.2) is 12.4 Å². The second-order valence-corrected chi connectivity index (χ2v) is 5.15. The average molecular weight is 282 g/mol. The first-order chi connectivity index (χ1) is 9.29. The van der Waals surface area contributed by atoms with Crippen LogP contribution in [0, 0.1) is 0 Å². The van der Waals surface area contributed by atoms with Crippen LogP contribution >= 0.6 is 11.6 Å². The highest BCUT2D eigenvalue weighted by molar-refractivity contribution is 6.29. The minimum absolute atomic E-state index is 0.183. The number of halogens is 1. The Morgan fingerprint density at radius 1 is 1.47 bits per heavy atom. The molecule has 1 aliphatic carbocycles. The summed E-state index contributed by atoms with van der Waals surface area (Å²) in [7, 11) is 0. The quantitative estimate of drug-likeness (QED) is 0.842. The fraction of sp³-hybridized carbons (Fsp3) is 0.583. The summed E-state index contributed by atoms with van der Waals surface area (Å²) in [6.07, 6.45) is 5.79. The summed E-state index contributed by atoms with van der Waals surface area (Å²) in [6.45, 7) is 0.971. The Bertz CT molecular complexity index is 568. The summed E-state index contributed by atoms with van der Waals surface area (Å²) < 4.78 is 1.71. The number of hydrogen-bond donors (Lipinski definition) is 1. The first-order valence-corrected chi connectivity index (χ1v) is 6.91. The zero-order chi connectivity index (χ0) is 13.2. The van der Waals surface area contributed by atoms with Gasteiger partial charge in [-0.3, -0.25) is 0 Å². The Kier molecular flexibility index (Phi) is 3.52. The van der Waals surface area contributed by atoms with Gasteiger partial charge in [0.1, 0.15) is 17.3 Å². The van der Waals surface area contributed by atoms with E-state index in [4.69, 9.17) is 16.7 Å². The third-order valence-corrected chi connectivity index (χ3v) is 3.76. The van der Waals surface area contributed by atoms with E-state index in [0.717, 1.165) is 18.8 Å². The van der Waals surface area contributed by atoms with Crippen molar-refractivity contribution in [1.29, 1.82) is 0 Å². The highest BCUT2D eigenvalue weighted by atomic mass is 35.5. The molecule has 7 heteroatoms. The predicted molar refractivity (Wildman–Crippen MR) is 72.5 cm³/mol. The summed E-state index contributed by atoms with van der Waals surface area (Å²) in [5.74, 6) is 1.42. The molecular formula is C12H16ClN5O. The Morgan fingerprint density at radius 3 is 3.00 bits per heavy atom. The van der Waals surface area contributed by atoms with Gasteiger partial charge < -0.3 is 10.0 Å². The molecule has 0 saturated heterocycles. The van der Waals surface area contributed by atoms with Gasteiger partial charge in [-0.05, 0) is 25.7 Å². The van der Waals surface area contributed by atoms with Gasteiger partial charge in [0.25, 0.3) is 5.78 Å². The number of aliphatic hydroxyl groups excluding tert-OH is 1. The molecule has 0 unspecified atom stereocenters. The lowest BCUT2D eigenvalue weighted by atomic mass is 9.91. The maximum atomic E-state index is 9.06. The molecule has 2 heterocycles. The fourth-order valence-corrected chi connectivity index (χ4v) is 2.57. The molecule has 2 aromatic heterocycles. The normalized spacial score (nSPS) is 15.7. The molecule has 0 spiro atoms. The van der Waals surface area contributed by atoms with Gasteiger partial charge in [-0.25, -0.2) is 0 Å². The summed E-state index contributed by atoms with van der Waals surface area (Å²) in [4.78, 5) is 10.5. The molecule has 0 radical (unpaired) electrons. The van der Waals surface area contributed by atoms with Crippen LogP contribution in [-0.2, 0) is 0 Å². The molecular weight excluding hydrogens is 266 g/mol. The fourth-order valence-electron chi connectivity index (χ4n) is 2.40. The van der Waals surface area contributed by atoms with Crippen LogP contribution in [-0.4, -0.2) is 43.9 Å². The van der Waals surface area contributed by atoms with Crippen molar-refractivity contribution >= 4 is 23.2 Å². The second kappa shape index (κ2) is 5.30. The predicted octanol–water partition coefficient (Wildman–Crippen LogP) is 1.52. The van der Waals surface area contributed by atoms with Gasteiger partial charge in [0, 0.05) is 25.3 Å². The largest absolute Gasteiger partial charge is 0.396 e. The standard InChI is InChI=1S/C12H16ClN5O/c13-10-7-11(18-12(16-10)14-8-15-18)17(5-2-6-19)9-3-1-4-9/h7-9,19H,1-6H2. The van der Waals surface area contributed by atoms with E-state index in [9.17, 15) is 0 Å². The van der Waals surface area contributed by atoms with Crippen molar-refractivity contribution < 1.29 is 5.11 Å². The molecule has 0 bridgehead atoms. The van der Waals surface area contributed by atoms with Crippen molar-refractivity contribution in [2.24, 2.45) is 0 Å². The van der Waals surface area contributed by atoms with E-state index in [2.05, 4.69) is 20.0 Å². The molecule has 102 valence electrons. The number of hydrogen-bond acceptors (Lipinski definition) is 5. The molecule has 1 fully saturated rings. The van der Waals surface area contributed by atoms with Crippen molar-refractivity contribution in [2.75, 3.05) is 18.1 Å². The highest BCUT2D eigenvalue weighted by Crippen LogP contribution is 2.30. The smallest absolute Gasteiger partial charge is 0.255 e. The zero-order valence-corrected chi connectivity index (χ0v) is 11.3. The minimum Gasteiger partial charge on any atom is -0.396 e. The van der Waals surface area contributed by atoms with Crippen LogP contribution < -0.4 is 4.90 Å². The van der Waals surface area contributed by atoms with Gasteiger partial charge in [-0.1, -0.05) is 11.6 Å². The maximum Gasteiger partial charge on any atom is 0.255 e. The van der Waals surface area contributed by atoms with Crippen LogP contribution in [0.4, 0.5) is 5.82 Å². The second-order valence-electron chi connectivity index (χ2n) is 4.76. The number of rotatable bonds is 5. The number of nitrogens with zero attached hydrogens (tertiary/aromatic N) is 5. The van der Waals surface area contributed by atoms with Gasteiger partial charge in [0.05, 0.1) is 0 Å². The number of fused-ring (bicyclic) bond motifs is 1. The van der Waals surface area contributed by atoms with Crippen LogP contribution in [0.3, 0.4) is 0 Å². The van der Waals surface area contributed by atoms with Crippen molar-refractivity contribution in [3.05, 3.63) is 17.5 Å². The van der Waals surface area contributed by atoms with Crippen molar-refractivity contribution in [1.82, 2.24) is 19.6 Å². The molecule has 2 aromatic rings. The van der Waals surface area contributed by atoms with Crippen LogP contribution in [0.25, 0.3) is 5.78 Å². The van der Waals surface area contributed by atoms with Gasteiger partial charge >= 0.3 is 0 Å². The molecule has 0 aliphatic heterocycles. The first-order valence-electron chi connectivity index (χ1n) is 6.53.